The number of benzene rings is 2. The van der Waals surface area contributed by atoms with Crippen LogP contribution in [0.25, 0.3) is 5.69 Å². The SMILES string of the molecule is CS(=O)(=O)N(Cc1cccc(C#N)c1)c1cccc(-n2cccn2)c1. The molecule has 3 aromatic rings. The maximum Gasteiger partial charge on any atom is 0.232 e. The van der Waals surface area contributed by atoms with Gasteiger partial charge in [-0.3, -0.25) is 4.31 Å². The molecule has 0 aliphatic carbocycles. The molecule has 6 nitrogen and oxygen atoms in total. The molecule has 0 fully saturated rings. The first-order valence-corrected chi connectivity index (χ1v) is 9.39. The van der Waals surface area contributed by atoms with Crippen molar-refractivity contribution in [3.05, 3.63) is 78.1 Å². The number of anilines is 1. The lowest BCUT2D eigenvalue weighted by molar-refractivity contribution is 0.596. The van der Waals surface area contributed by atoms with Gasteiger partial charge in [0, 0.05) is 12.4 Å². The molecule has 25 heavy (non-hydrogen) atoms. The Kier molecular flexibility index (Phi) is 4.55. The maximum absolute atomic E-state index is 12.3. The topological polar surface area (TPSA) is 79.0 Å². The molecule has 0 N–H and O–H groups in total. The minimum atomic E-state index is -3.50. The molecular formula is C18H16N4O2S. The number of sulfonamides is 1. The molecule has 0 saturated heterocycles. The first-order chi connectivity index (χ1) is 12.0. The summed E-state index contributed by atoms with van der Waals surface area (Å²) in [6.45, 7) is 0.150. The second-order valence-electron chi connectivity index (χ2n) is 5.55. The molecule has 0 saturated carbocycles. The second-order valence-corrected chi connectivity index (χ2v) is 7.46. The average Bonchev–Trinajstić information content (AvgIpc) is 3.14. The van der Waals surface area contributed by atoms with Gasteiger partial charge in [0.1, 0.15) is 0 Å². The van der Waals surface area contributed by atoms with E-state index in [1.54, 1.807) is 65.6 Å². The molecule has 3 rings (SSSR count). The zero-order valence-electron chi connectivity index (χ0n) is 13.6. The normalized spacial score (nSPS) is 11.0. The van der Waals surface area contributed by atoms with Gasteiger partial charge in [-0.15, -0.1) is 0 Å². The Bertz CT molecular complexity index is 1020. The predicted octanol–water partition coefficient (Wildman–Crippen LogP) is 2.71. The number of hydrogen-bond donors (Lipinski definition) is 0. The van der Waals surface area contributed by atoms with E-state index in [1.165, 1.54) is 10.6 Å². The monoisotopic (exact) mass is 352 g/mol. The smallest absolute Gasteiger partial charge is 0.232 e. The van der Waals surface area contributed by atoms with Crippen LogP contribution in [0.2, 0.25) is 0 Å². The van der Waals surface area contributed by atoms with E-state index in [2.05, 4.69) is 11.2 Å². The van der Waals surface area contributed by atoms with Crippen molar-refractivity contribution in [2.24, 2.45) is 0 Å². The summed E-state index contributed by atoms with van der Waals surface area (Å²) in [5.41, 5.74) is 2.55. The van der Waals surface area contributed by atoms with Gasteiger partial charge in [0.15, 0.2) is 0 Å². The lowest BCUT2D eigenvalue weighted by atomic mass is 10.1. The van der Waals surface area contributed by atoms with Crippen molar-refractivity contribution in [2.45, 2.75) is 6.54 Å². The molecule has 0 aliphatic heterocycles. The Balaban J connectivity index is 2.00. The Labute approximate surface area is 146 Å². The van der Waals surface area contributed by atoms with Crippen LogP contribution in [0.4, 0.5) is 5.69 Å². The van der Waals surface area contributed by atoms with Gasteiger partial charge >= 0.3 is 0 Å². The average molecular weight is 352 g/mol. The zero-order chi connectivity index (χ0) is 17.9. The van der Waals surface area contributed by atoms with Crippen LogP contribution >= 0.6 is 0 Å². The maximum atomic E-state index is 12.3. The van der Waals surface area contributed by atoms with E-state index >= 15 is 0 Å². The van der Waals surface area contributed by atoms with E-state index in [0.29, 0.717) is 11.3 Å². The van der Waals surface area contributed by atoms with Gasteiger partial charge in [0.05, 0.1) is 35.8 Å². The van der Waals surface area contributed by atoms with Crippen LogP contribution in [0.15, 0.2) is 67.0 Å². The molecule has 126 valence electrons. The molecule has 0 unspecified atom stereocenters. The lowest BCUT2D eigenvalue weighted by Crippen LogP contribution is -2.29. The van der Waals surface area contributed by atoms with E-state index in [0.717, 1.165) is 11.3 Å². The highest BCUT2D eigenvalue weighted by Gasteiger charge is 2.18. The number of nitriles is 1. The highest BCUT2D eigenvalue weighted by Crippen LogP contribution is 2.23. The van der Waals surface area contributed by atoms with E-state index in [4.69, 9.17) is 5.26 Å². The van der Waals surface area contributed by atoms with Crippen LogP contribution in [0.5, 0.6) is 0 Å². The van der Waals surface area contributed by atoms with Crippen LogP contribution in [0.3, 0.4) is 0 Å². The third-order valence-corrected chi connectivity index (χ3v) is 4.81. The van der Waals surface area contributed by atoms with Crippen molar-refractivity contribution >= 4 is 15.7 Å². The third-order valence-electron chi connectivity index (χ3n) is 3.67. The Morgan fingerprint density at radius 1 is 1.16 bits per heavy atom. The highest BCUT2D eigenvalue weighted by atomic mass is 32.2. The number of rotatable bonds is 5. The van der Waals surface area contributed by atoms with Crippen LogP contribution in [0, 0.1) is 11.3 Å². The van der Waals surface area contributed by atoms with Crippen molar-refractivity contribution in [3.63, 3.8) is 0 Å². The third kappa shape index (κ3) is 3.87. The first kappa shape index (κ1) is 16.7. The molecule has 1 aromatic heterocycles. The van der Waals surface area contributed by atoms with Crippen molar-refractivity contribution < 1.29 is 8.42 Å². The van der Waals surface area contributed by atoms with E-state index in [1.807, 2.05) is 6.07 Å². The number of nitrogens with zero attached hydrogens (tertiary/aromatic N) is 4. The van der Waals surface area contributed by atoms with Crippen LogP contribution in [-0.4, -0.2) is 24.5 Å². The Morgan fingerprint density at radius 3 is 2.64 bits per heavy atom. The second kappa shape index (κ2) is 6.79. The molecular weight excluding hydrogens is 336 g/mol. The van der Waals surface area contributed by atoms with Crippen LogP contribution in [0.1, 0.15) is 11.1 Å². The standard InChI is InChI=1S/C18H16N4O2S/c1-25(23,24)22(14-16-6-2-5-15(11-16)13-19)18-8-3-7-17(12-18)21-10-4-9-20-21/h2-12H,14H2,1H3. The Hall–Kier alpha value is -3.11. The van der Waals surface area contributed by atoms with E-state index in [9.17, 15) is 8.42 Å². The van der Waals surface area contributed by atoms with Crippen molar-refractivity contribution in [3.8, 4) is 11.8 Å². The van der Waals surface area contributed by atoms with Crippen LogP contribution in [-0.2, 0) is 16.6 Å². The van der Waals surface area contributed by atoms with Gasteiger partial charge in [0.2, 0.25) is 10.0 Å². The van der Waals surface area contributed by atoms with E-state index in [-0.39, 0.29) is 6.54 Å². The number of aromatic nitrogens is 2. The fraction of sp³-hybridized carbons (Fsp3) is 0.111. The first-order valence-electron chi connectivity index (χ1n) is 7.54. The summed E-state index contributed by atoms with van der Waals surface area (Å²) in [6.07, 6.45) is 4.62. The molecule has 2 aromatic carbocycles. The molecule has 7 heteroatoms. The van der Waals surface area contributed by atoms with Gasteiger partial charge in [-0.2, -0.15) is 10.4 Å². The predicted molar refractivity (Wildman–Crippen MR) is 95.7 cm³/mol. The summed E-state index contributed by atoms with van der Waals surface area (Å²) in [5, 5.41) is 13.2. The van der Waals surface area contributed by atoms with Gasteiger partial charge in [-0.25, -0.2) is 13.1 Å². The largest absolute Gasteiger partial charge is 0.266 e. The van der Waals surface area contributed by atoms with Gasteiger partial charge in [0.25, 0.3) is 0 Å². The molecule has 0 amide bonds. The molecule has 0 aliphatic rings. The zero-order valence-corrected chi connectivity index (χ0v) is 14.4. The molecule has 0 bridgehead atoms. The molecule has 0 atom stereocenters. The van der Waals surface area contributed by atoms with Crippen LogP contribution < -0.4 is 4.31 Å². The summed E-state index contributed by atoms with van der Waals surface area (Å²) in [4.78, 5) is 0. The fourth-order valence-corrected chi connectivity index (χ4v) is 3.40. The fourth-order valence-electron chi connectivity index (χ4n) is 2.52. The van der Waals surface area contributed by atoms with Crippen molar-refractivity contribution in [2.75, 3.05) is 10.6 Å². The minimum Gasteiger partial charge on any atom is -0.266 e. The summed E-state index contributed by atoms with van der Waals surface area (Å²) in [6, 6.07) is 17.9. The van der Waals surface area contributed by atoms with Crippen molar-refractivity contribution in [1.29, 1.82) is 5.26 Å². The summed E-state index contributed by atoms with van der Waals surface area (Å²) >= 11 is 0. The van der Waals surface area contributed by atoms with Gasteiger partial charge < -0.3 is 0 Å². The Morgan fingerprint density at radius 2 is 1.96 bits per heavy atom. The quantitative estimate of drug-likeness (QED) is 0.707. The lowest BCUT2D eigenvalue weighted by Gasteiger charge is -2.23. The molecule has 0 spiro atoms. The summed E-state index contributed by atoms with van der Waals surface area (Å²) in [7, 11) is -3.50. The summed E-state index contributed by atoms with van der Waals surface area (Å²) < 4.78 is 27.6. The minimum absolute atomic E-state index is 0.150. The summed E-state index contributed by atoms with van der Waals surface area (Å²) in [5.74, 6) is 0. The van der Waals surface area contributed by atoms with Gasteiger partial charge in [-0.1, -0.05) is 18.2 Å². The molecule has 1 heterocycles. The van der Waals surface area contributed by atoms with E-state index < -0.39 is 10.0 Å². The van der Waals surface area contributed by atoms with Gasteiger partial charge in [-0.05, 0) is 42.0 Å². The highest BCUT2D eigenvalue weighted by molar-refractivity contribution is 7.92. The van der Waals surface area contributed by atoms with Crippen molar-refractivity contribution in [1.82, 2.24) is 9.78 Å². The molecule has 0 radical (unpaired) electrons. The number of hydrogen-bond acceptors (Lipinski definition) is 4.